The highest BCUT2D eigenvalue weighted by atomic mass is 19.1. The lowest BCUT2D eigenvalue weighted by molar-refractivity contribution is 0.295. The summed E-state index contributed by atoms with van der Waals surface area (Å²) in [5.41, 5.74) is 2.64. The Labute approximate surface area is 221 Å². The molecule has 3 unspecified atom stereocenters. The van der Waals surface area contributed by atoms with Crippen molar-refractivity contribution in [1.29, 1.82) is 0 Å². The Bertz CT molecular complexity index is 1520. The first-order valence-electron chi connectivity index (χ1n) is 13.9. The summed E-state index contributed by atoms with van der Waals surface area (Å²) >= 11 is 0. The van der Waals surface area contributed by atoms with Gasteiger partial charge in [-0.1, -0.05) is 18.2 Å². The maximum atomic E-state index is 16.4. The number of piperazine rings is 1. The Morgan fingerprint density at radius 1 is 1.05 bits per heavy atom. The molecule has 8 heteroatoms. The first-order chi connectivity index (χ1) is 18.5. The van der Waals surface area contributed by atoms with Crippen molar-refractivity contribution in [3.8, 4) is 11.1 Å². The Hall–Kier alpha value is -3.10. The minimum Gasteiger partial charge on any atom is -0.360 e. The van der Waals surface area contributed by atoms with Crippen molar-refractivity contribution in [3.05, 3.63) is 53.5 Å². The average molecular weight is 517 g/mol. The normalized spacial score (nSPS) is 23.8. The quantitative estimate of drug-likeness (QED) is 0.375. The third kappa shape index (κ3) is 3.96. The second kappa shape index (κ2) is 9.27. The van der Waals surface area contributed by atoms with Crippen molar-refractivity contribution >= 4 is 27.6 Å². The molecule has 6 nitrogen and oxygen atoms in total. The van der Waals surface area contributed by atoms with Gasteiger partial charge in [0.05, 0.1) is 5.56 Å². The fraction of sp³-hybridized carbons (Fsp3) is 0.467. The second-order valence-electron chi connectivity index (χ2n) is 11.5. The van der Waals surface area contributed by atoms with Gasteiger partial charge in [0.15, 0.2) is 5.82 Å². The summed E-state index contributed by atoms with van der Waals surface area (Å²) in [4.78, 5) is 17.6. The summed E-state index contributed by atoms with van der Waals surface area (Å²) in [6, 6.07) is 8.54. The molecule has 5 heterocycles. The number of aromatic nitrogens is 3. The average Bonchev–Trinajstić information content (AvgIpc) is 3.61. The number of rotatable bonds is 5. The summed E-state index contributed by atoms with van der Waals surface area (Å²) in [6.45, 7) is 4.68. The molecular formula is C30H34F2N6. The number of nitrogens with zero attached hydrogens (tertiary/aromatic N) is 4. The largest absolute Gasteiger partial charge is 0.360 e. The molecule has 2 N–H and O–H groups in total. The van der Waals surface area contributed by atoms with Crippen LogP contribution in [-0.4, -0.2) is 64.7 Å². The Morgan fingerprint density at radius 3 is 2.63 bits per heavy atom. The van der Waals surface area contributed by atoms with E-state index < -0.39 is 11.6 Å². The third-order valence-electron chi connectivity index (χ3n) is 8.99. The van der Waals surface area contributed by atoms with Gasteiger partial charge in [0.1, 0.15) is 23.0 Å². The number of hydrogen-bond donors (Lipinski definition) is 2. The van der Waals surface area contributed by atoms with Gasteiger partial charge in [0.25, 0.3) is 0 Å². The molecule has 3 atom stereocenters. The number of aromatic amines is 1. The van der Waals surface area contributed by atoms with E-state index in [1.807, 2.05) is 25.1 Å². The lowest BCUT2D eigenvalue weighted by Crippen LogP contribution is -2.51. The molecule has 2 aromatic carbocycles. The number of hydrogen-bond acceptors (Lipinski definition) is 5. The Morgan fingerprint density at radius 2 is 1.87 bits per heavy atom. The van der Waals surface area contributed by atoms with Crippen LogP contribution in [0.2, 0.25) is 0 Å². The highest BCUT2D eigenvalue weighted by molar-refractivity contribution is 6.01. The van der Waals surface area contributed by atoms with Crippen LogP contribution >= 0.6 is 0 Å². The number of para-hydroxylation sites is 1. The molecule has 0 radical (unpaired) electrons. The maximum Gasteiger partial charge on any atom is 0.160 e. The standard InChI is InChI=1S/C30H34F2N6/c1-17-5-3-7-21-23(14-33-28(17)21)26-24(31)13-22-29(27(26)32)35-25(11-10-20-6-4-12-37(20)2)36-30(22)38-15-18-8-9-19(16-38)34-18/h3,5,7,13-14,18-20,33-34H,4,6,8-12,15-16H2,1-2H3. The van der Waals surface area contributed by atoms with Crippen molar-refractivity contribution in [2.75, 3.05) is 31.6 Å². The molecule has 0 aliphatic carbocycles. The number of aryl methyl sites for hydroxylation is 2. The number of likely N-dealkylation sites (tertiary alicyclic amines) is 1. The van der Waals surface area contributed by atoms with Gasteiger partial charge in [-0.3, -0.25) is 0 Å². The number of benzene rings is 2. The third-order valence-corrected chi connectivity index (χ3v) is 8.99. The van der Waals surface area contributed by atoms with E-state index in [4.69, 9.17) is 9.97 Å². The van der Waals surface area contributed by atoms with Gasteiger partial charge in [-0.25, -0.2) is 18.7 Å². The van der Waals surface area contributed by atoms with Gasteiger partial charge in [-0.05, 0) is 64.3 Å². The zero-order valence-electron chi connectivity index (χ0n) is 22.0. The van der Waals surface area contributed by atoms with Crippen LogP contribution in [0.15, 0.2) is 30.5 Å². The monoisotopic (exact) mass is 516 g/mol. The number of fused-ring (bicyclic) bond motifs is 4. The molecule has 0 amide bonds. The van der Waals surface area contributed by atoms with E-state index in [9.17, 15) is 0 Å². The zero-order chi connectivity index (χ0) is 26.0. The zero-order valence-corrected chi connectivity index (χ0v) is 22.0. The highest BCUT2D eigenvalue weighted by Gasteiger charge is 2.34. The van der Waals surface area contributed by atoms with E-state index in [-0.39, 0.29) is 11.1 Å². The summed E-state index contributed by atoms with van der Waals surface area (Å²) in [5.74, 6) is 0.122. The van der Waals surface area contributed by atoms with E-state index in [0.717, 1.165) is 55.4 Å². The summed E-state index contributed by atoms with van der Waals surface area (Å²) in [5, 5.41) is 4.92. The van der Waals surface area contributed by atoms with Crippen LogP contribution in [0.4, 0.5) is 14.6 Å². The van der Waals surface area contributed by atoms with E-state index in [2.05, 4.69) is 27.1 Å². The van der Waals surface area contributed by atoms with Crippen LogP contribution < -0.4 is 10.2 Å². The first-order valence-corrected chi connectivity index (χ1v) is 13.9. The highest BCUT2D eigenvalue weighted by Crippen LogP contribution is 2.39. The SMILES string of the molecule is Cc1cccc2c(-c3c(F)cc4c(N5CC6CCC(C5)N6)nc(CCC5CCCN5C)nc4c3F)c[nH]c12. The number of anilines is 1. The van der Waals surface area contributed by atoms with Gasteiger partial charge in [-0.15, -0.1) is 0 Å². The summed E-state index contributed by atoms with van der Waals surface area (Å²) in [7, 11) is 2.17. The fourth-order valence-electron chi connectivity index (χ4n) is 6.95. The van der Waals surface area contributed by atoms with Crippen LogP contribution in [-0.2, 0) is 6.42 Å². The predicted molar refractivity (Wildman–Crippen MR) is 148 cm³/mol. The van der Waals surface area contributed by atoms with Crippen LogP contribution in [0, 0.1) is 18.6 Å². The minimum absolute atomic E-state index is 0.0270. The molecule has 2 aromatic heterocycles. The second-order valence-corrected chi connectivity index (χ2v) is 11.5. The van der Waals surface area contributed by atoms with E-state index in [1.165, 1.54) is 18.9 Å². The lowest BCUT2D eigenvalue weighted by atomic mass is 10.00. The molecule has 38 heavy (non-hydrogen) atoms. The van der Waals surface area contributed by atoms with E-state index >= 15 is 8.78 Å². The van der Waals surface area contributed by atoms with Crippen molar-refractivity contribution in [2.24, 2.45) is 0 Å². The minimum atomic E-state index is -0.608. The van der Waals surface area contributed by atoms with Gasteiger partial charge in [-0.2, -0.15) is 0 Å². The molecule has 3 aliphatic rings. The van der Waals surface area contributed by atoms with Gasteiger partial charge in [0.2, 0.25) is 0 Å². The topological polar surface area (TPSA) is 60.1 Å². The van der Waals surface area contributed by atoms with Crippen LogP contribution in [0.1, 0.15) is 43.5 Å². The molecule has 0 spiro atoms. The molecule has 198 valence electrons. The molecule has 2 bridgehead atoms. The van der Waals surface area contributed by atoms with Gasteiger partial charge >= 0.3 is 0 Å². The number of H-pyrrole nitrogens is 1. The predicted octanol–water partition coefficient (Wildman–Crippen LogP) is 5.33. The van der Waals surface area contributed by atoms with Crippen molar-refractivity contribution in [2.45, 2.75) is 63.6 Å². The maximum absolute atomic E-state index is 16.4. The van der Waals surface area contributed by atoms with Gasteiger partial charge in [0, 0.05) is 65.7 Å². The van der Waals surface area contributed by atoms with Crippen molar-refractivity contribution in [1.82, 2.24) is 25.2 Å². The molecule has 3 fully saturated rings. The van der Waals surface area contributed by atoms with Crippen molar-refractivity contribution < 1.29 is 8.78 Å². The number of halogens is 2. The molecule has 4 aromatic rings. The molecule has 3 aliphatic heterocycles. The van der Waals surface area contributed by atoms with Crippen molar-refractivity contribution in [3.63, 3.8) is 0 Å². The Kier molecular flexibility index (Phi) is 5.85. The van der Waals surface area contributed by atoms with E-state index in [1.54, 1.807) is 6.20 Å². The molecular weight excluding hydrogens is 482 g/mol. The van der Waals surface area contributed by atoms with Gasteiger partial charge < -0.3 is 20.1 Å². The number of nitrogens with one attached hydrogen (secondary N) is 2. The van der Waals surface area contributed by atoms with Crippen LogP contribution in [0.25, 0.3) is 32.9 Å². The fourth-order valence-corrected chi connectivity index (χ4v) is 6.95. The first kappa shape index (κ1) is 24.0. The smallest absolute Gasteiger partial charge is 0.160 e. The summed E-state index contributed by atoms with van der Waals surface area (Å²) < 4.78 is 32.3. The molecule has 0 saturated carbocycles. The molecule has 7 rings (SSSR count). The van der Waals surface area contributed by atoms with Crippen LogP contribution in [0.5, 0.6) is 0 Å². The molecule has 3 saturated heterocycles. The lowest BCUT2D eigenvalue weighted by Gasteiger charge is -2.34. The Balaban J connectivity index is 1.37. The summed E-state index contributed by atoms with van der Waals surface area (Å²) in [6.07, 6.45) is 7.94. The van der Waals surface area contributed by atoms with E-state index in [0.29, 0.717) is 47.1 Å². The van der Waals surface area contributed by atoms with Crippen LogP contribution in [0.3, 0.4) is 0 Å².